The maximum Gasteiger partial charge on any atom is 0.140 e. The van der Waals surface area contributed by atoms with Crippen LogP contribution in [0, 0.1) is 6.92 Å². The summed E-state index contributed by atoms with van der Waals surface area (Å²) in [4.78, 5) is 2.51. The van der Waals surface area contributed by atoms with Crippen LogP contribution in [0.3, 0.4) is 0 Å². The van der Waals surface area contributed by atoms with Gasteiger partial charge in [0.2, 0.25) is 0 Å². The Labute approximate surface area is 310 Å². The lowest BCUT2D eigenvalue weighted by Gasteiger charge is -2.40. The van der Waals surface area contributed by atoms with Gasteiger partial charge in [-0.15, -0.1) is 0 Å². The van der Waals surface area contributed by atoms with Crippen molar-refractivity contribution in [2.24, 2.45) is 0 Å². The minimum Gasteiger partial charge on any atom is -0.456 e. The van der Waals surface area contributed by atoms with Gasteiger partial charge < -0.3 is 9.64 Å². The van der Waals surface area contributed by atoms with Crippen molar-refractivity contribution in [2.45, 2.75) is 31.6 Å². The second kappa shape index (κ2) is 10.8. The third-order valence-electron chi connectivity index (χ3n) is 12.3. The van der Waals surface area contributed by atoms with Crippen molar-refractivity contribution in [1.29, 1.82) is 0 Å². The predicted octanol–water partition coefficient (Wildman–Crippen LogP) is 13.4. The zero-order valence-electron chi connectivity index (χ0n) is 30.0. The Bertz CT molecular complexity index is 2830. The number of hydrogen-bond acceptors (Lipinski definition) is 2. The van der Waals surface area contributed by atoms with E-state index in [9.17, 15) is 0 Å². The Morgan fingerprint density at radius 3 is 2.00 bits per heavy atom. The molecular formula is C51H37NO. The fraction of sp³-hybridized carbons (Fsp3) is 0.0980. The molecule has 0 N–H and O–H groups in total. The van der Waals surface area contributed by atoms with Crippen molar-refractivity contribution < 1.29 is 4.74 Å². The smallest absolute Gasteiger partial charge is 0.140 e. The molecule has 0 bridgehead atoms. The van der Waals surface area contributed by atoms with Gasteiger partial charge in [-0.2, -0.15) is 0 Å². The number of anilines is 3. The van der Waals surface area contributed by atoms with Crippen LogP contribution >= 0.6 is 0 Å². The summed E-state index contributed by atoms with van der Waals surface area (Å²) in [7, 11) is 0. The van der Waals surface area contributed by atoms with Gasteiger partial charge in [0.25, 0.3) is 0 Å². The molecule has 1 spiro atoms. The molecule has 3 aliphatic rings. The largest absolute Gasteiger partial charge is 0.456 e. The van der Waals surface area contributed by atoms with Crippen LogP contribution in [0.15, 0.2) is 170 Å². The number of nitrogens with zero attached hydrogens (tertiary/aromatic N) is 1. The van der Waals surface area contributed by atoms with Gasteiger partial charge in [-0.25, -0.2) is 0 Å². The summed E-state index contributed by atoms with van der Waals surface area (Å²) in [6, 6.07) is 62.6. The van der Waals surface area contributed by atoms with E-state index in [0.29, 0.717) is 0 Å². The SMILES string of the molecule is Cc1ccccc1N(c1ccc2c(c1)C(C)(C)c1ccccc1-2)c1cccc2c1-c1ccccc1C21c2ccccc2Oc2c1ccc1ccccc21. The minimum atomic E-state index is -0.574. The standard InChI is InChI=1S/C51H37NO/c1-32-15-4-12-24-45(32)52(34-28-29-37-36-18-7-9-20-39(36)50(2,3)44(37)31-34)46-25-14-23-42-48(46)38-19-8-10-21-40(38)51(42)41-22-11-13-26-47(41)53-49-35-17-6-5-16-33(35)27-30-43(49)51/h4-31H,1-3H3. The van der Waals surface area contributed by atoms with Crippen LogP contribution in [0.2, 0.25) is 0 Å². The number of ether oxygens (including phenoxy) is 1. The van der Waals surface area contributed by atoms with E-state index in [1.807, 2.05) is 0 Å². The Kier molecular flexibility index (Phi) is 6.18. The number of rotatable bonds is 3. The average Bonchev–Trinajstić information content (AvgIpc) is 3.62. The lowest BCUT2D eigenvalue weighted by Crippen LogP contribution is -2.32. The van der Waals surface area contributed by atoms with E-state index in [2.05, 4.69) is 196 Å². The molecule has 8 aromatic carbocycles. The lowest BCUT2D eigenvalue weighted by molar-refractivity contribution is 0.441. The van der Waals surface area contributed by atoms with E-state index in [4.69, 9.17) is 4.74 Å². The fourth-order valence-corrected chi connectivity index (χ4v) is 9.90. The van der Waals surface area contributed by atoms with Crippen LogP contribution in [-0.4, -0.2) is 0 Å². The van der Waals surface area contributed by atoms with E-state index in [1.54, 1.807) is 0 Å². The molecule has 0 amide bonds. The molecule has 1 heterocycles. The average molecular weight is 680 g/mol. The number of hydrogen-bond donors (Lipinski definition) is 0. The maximum atomic E-state index is 6.92. The molecule has 11 rings (SSSR count). The van der Waals surface area contributed by atoms with Crippen molar-refractivity contribution in [3.05, 3.63) is 209 Å². The predicted molar refractivity (Wildman–Crippen MR) is 218 cm³/mol. The highest BCUT2D eigenvalue weighted by Gasteiger charge is 2.52. The normalized spacial score (nSPS) is 16.6. The van der Waals surface area contributed by atoms with Gasteiger partial charge in [-0.05, 0) is 87.1 Å². The minimum absolute atomic E-state index is 0.118. The van der Waals surface area contributed by atoms with Crippen LogP contribution in [0.5, 0.6) is 11.5 Å². The molecule has 8 aromatic rings. The first-order chi connectivity index (χ1) is 26.0. The van der Waals surface area contributed by atoms with Gasteiger partial charge in [-0.3, -0.25) is 0 Å². The maximum absolute atomic E-state index is 6.92. The van der Waals surface area contributed by atoms with Crippen molar-refractivity contribution in [2.75, 3.05) is 4.90 Å². The third kappa shape index (κ3) is 3.93. The van der Waals surface area contributed by atoms with Crippen molar-refractivity contribution >= 4 is 27.8 Å². The van der Waals surface area contributed by atoms with Crippen LogP contribution in [-0.2, 0) is 10.8 Å². The third-order valence-corrected chi connectivity index (χ3v) is 12.3. The molecule has 2 heteroatoms. The molecule has 1 atom stereocenters. The molecule has 0 fully saturated rings. The topological polar surface area (TPSA) is 12.5 Å². The fourth-order valence-electron chi connectivity index (χ4n) is 9.90. The zero-order chi connectivity index (χ0) is 35.5. The van der Waals surface area contributed by atoms with E-state index >= 15 is 0 Å². The number of benzene rings is 8. The first kappa shape index (κ1) is 30.3. The summed E-state index contributed by atoms with van der Waals surface area (Å²) in [6.45, 7) is 6.96. The van der Waals surface area contributed by atoms with Crippen LogP contribution in [0.4, 0.5) is 17.1 Å². The Morgan fingerprint density at radius 2 is 1.13 bits per heavy atom. The van der Waals surface area contributed by atoms with Gasteiger partial charge in [0.05, 0.1) is 11.1 Å². The molecule has 0 saturated carbocycles. The second-order valence-electron chi connectivity index (χ2n) is 15.3. The summed E-state index contributed by atoms with van der Waals surface area (Å²) >= 11 is 0. The molecule has 0 saturated heterocycles. The lowest BCUT2D eigenvalue weighted by atomic mass is 9.65. The van der Waals surface area contributed by atoms with E-state index in [1.165, 1.54) is 78.0 Å². The number of fused-ring (bicyclic) bond motifs is 14. The van der Waals surface area contributed by atoms with Gasteiger partial charge in [0.1, 0.15) is 11.5 Å². The van der Waals surface area contributed by atoms with Crippen molar-refractivity contribution in [3.63, 3.8) is 0 Å². The van der Waals surface area contributed by atoms with Gasteiger partial charge in [0, 0.05) is 38.9 Å². The van der Waals surface area contributed by atoms with Crippen LogP contribution < -0.4 is 9.64 Å². The molecule has 252 valence electrons. The van der Waals surface area contributed by atoms with Gasteiger partial charge in [0.15, 0.2) is 0 Å². The van der Waals surface area contributed by atoms with E-state index in [0.717, 1.165) is 22.6 Å². The summed E-state index contributed by atoms with van der Waals surface area (Å²) in [5, 5.41) is 2.30. The van der Waals surface area contributed by atoms with Gasteiger partial charge in [-0.1, -0.05) is 153 Å². The summed E-state index contributed by atoms with van der Waals surface area (Å²) in [5.74, 6) is 1.84. The molecule has 0 aromatic heterocycles. The summed E-state index contributed by atoms with van der Waals surface area (Å²) < 4.78 is 6.92. The van der Waals surface area contributed by atoms with Crippen molar-refractivity contribution in [1.82, 2.24) is 0 Å². The highest BCUT2D eigenvalue weighted by Crippen LogP contribution is 2.65. The molecule has 53 heavy (non-hydrogen) atoms. The first-order valence-corrected chi connectivity index (χ1v) is 18.6. The van der Waals surface area contributed by atoms with Crippen LogP contribution in [0.1, 0.15) is 52.8 Å². The highest BCUT2D eigenvalue weighted by atomic mass is 16.5. The first-order valence-electron chi connectivity index (χ1n) is 18.6. The van der Waals surface area contributed by atoms with Crippen molar-refractivity contribution in [3.8, 4) is 33.8 Å². The molecular weight excluding hydrogens is 643 g/mol. The van der Waals surface area contributed by atoms with E-state index < -0.39 is 5.41 Å². The molecule has 2 aliphatic carbocycles. The Morgan fingerprint density at radius 1 is 0.472 bits per heavy atom. The monoisotopic (exact) mass is 679 g/mol. The quantitative estimate of drug-likeness (QED) is 0.184. The van der Waals surface area contributed by atoms with E-state index in [-0.39, 0.29) is 5.41 Å². The Hall–Kier alpha value is -6.38. The zero-order valence-corrected chi connectivity index (χ0v) is 30.0. The molecule has 2 nitrogen and oxygen atoms in total. The second-order valence-corrected chi connectivity index (χ2v) is 15.3. The number of para-hydroxylation sites is 2. The van der Waals surface area contributed by atoms with Crippen LogP contribution in [0.25, 0.3) is 33.0 Å². The molecule has 0 radical (unpaired) electrons. The molecule has 1 aliphatic heterocycles. The summed E-state index contributed by atoms with van der Waals surface area (Å²) in [5.41, 5.74) is 16.8. The Balaban J connectivity index is 1.23. The highest BCUT2D eigenvalue weighted by molar-refractivity contribution is 6.01. The number of aryl methyl sites for hydroxylation is 1. The summed E-state index contributed by atoms with van der Waals surface area (Å²) in [6.07, 6.45) is 0. The molecule has 1 unspecified atom stereocenters. The van der Waals surface area contributed by atoms with Gasteiger partial charge >= 0.3 is 0 Å².